The first-order valence-corrected chi connectivity index (χ1v) is 4.61. The van der Waals surface area contributed by atoms with Crippen molar-refractivity contribution in [2.75, 3.05) is 6.61 Å². The number of aliphatic hydroxyl groups is 1. The van der Waals surface area contributed by atoms with Gasteiger partial charge >= 0.3 is 0 Å². The number of nitrogens with two attached hydrogens (primary N) is 1. The van der Waals surface area contributed by atoms with Gasteiger partial charge in [0, 0.05) is 24.4 Å². The molecule has 0 saturated carbocycles. The average Bonchev–Trinajstić information content (AvgIpc) is 2.61. The zero-order valence-corrected chi connectivity index (χ0v) is 7.80. The van der Waals surface area contributed by atoms with E-state index in [2.05, 4.69) is 5.10 Å². The van der Waals surface area contributed by atoms with Crippen LogP contribution in [0.1, 0.15) is 18.0 Å². The number of fused-ring (bicyclic) bond motifs is 1. The third-order valence-corrected chi connectivity index (χ3v) is 2.30. The average molecular weight is 191 g/mol. The maximum absolute atomic E-state index is 8.80. The summed E-state index contributed by atoms with van der Waals surface area (Å²) >= 11 is 0. The molecule has 2 heterocycles. The Labute approximate surface area is 82.0 Å². The number of aromatic nitrogens is 2. The van der Waals surface area contributed by atoms with E-state index in [4.69, 9.17) is 10.8 Å². The first-order valence-electron chi connectivity index (χ1n) is 4.61. The molecule has 0 unspecified atom stereocenters. The minimum atomic E-state index is -0.139. The van der Waals surface area contributed by atoms with Crippen molar-refractivity contribution in [3.05, 3.63) is 36.2 Å². The maximum atomic E-state index is 8.80. The summed E-state index contributed by atoms with van der Waals surface area (Å²) in [4.78, 5) is 0. The number of hydrogen-bond acceptors (Lipinski definition) is 3. The summed E-state index contributed by atoms with van der Waals surface area (Å²) < 4.78 is 1.78. The van der Waals surface area contributed by atoms with E-state index in [9.17, 15) is 0 Å². The lowest BCUT2D eigenvalue weighted by Crippen LogP contribution is -2.11. The molecule has 0 aliphatic carbocycles. The molecule has 0 radical (unpaired) electrons. The van der Waals surface area contributed by atoms with Crippen LogP contribution < -0.4 is 5.73 Å². The maximum Gasteiger partial charge on any atom is 0.0709 e. The van der Waals surface area contributed by atoms with Crippen LogP contribution in [0.5, 0.6) is 0 Å². The van der Waals surface area contributed by atoms with Crippen LogP contribution in [0.3, 0.4) is 0 Å². The molecule has 0 aliphatic rings. The second-order valence-electron chi connectivity index (χ2n) is 3.25. The van der Waals surface area contributed by atoms with Gasteiger partial charge in [-0.1, -0.05) is 6.07 Å². The van der Waals surface area contributed by atoms with E-state index in [0.29, 0.717) is 6.42 Å². The van der Waals surface area contributed by atoms with Crippen molar-refractivity contribution in [3.8, 4) is 0 Å². The predicted octanol–water partition coefficient (Wildman–Crippen LogP) is 0.716. The zero-order valence-electron chi connectivity index (χ0n) is 7.80. The van der Waals surface area contributed by atoms with Crippen molar-refractivity contribution in [3.63, 3.8) is 0 Å². The number of pyridine rings is 1. The van der Waals surface area contributed by atoms with Crippen molar-refractivity contribution in [1.29, 1.82) is 0 Å². The van der Waals surface area contributed by atoms with Crippen LogP contribution in [0.2, 0.25) is 0 Å². The van der Waals surface area contributed by atoms with E-state index in [0.717, 1.165) is 11.1 Å². The molecule has 74 valence electrons. The molecule has 2 aromatic rings. The quantitative estimate of drug-likeness (QED) is 0.751. The molecular formula is C10H13N3O. The van der Waals surface area contributed by atoms with Gasteiger partial charge in [-0.25, -0.2) is 4.52 Å². The normalized spacial score (nSPS) is 13.3. The molecule has 2 rings (SSSR count). The van der Waals surface area contributed by atoms with Gasteiger partial charge in [0.1, 0.15) is 0 Å². The molecule has 0 fully saturated rings. The van der Waals surface area contributed by atoms with Gasteiger partial charge in [-0.2, -0.15) is 5.10 Å². The monoisotopic (exact) mass is 191 g/mol. The Morgan fingerprint density at radius 2 is 2.36 bits per heavy atom. The van der Waals surface area contributed by atoms with Crippen molar-refractivity contribution >= 4 is 5.52 Å². The van der Waals surface area contributed by atoms with Gasteiger partial charge in [0.15, 0.2) is 0 Å². The predicted molar refractivity (Wildman–Crippen MR) is 53.8 cm³/mol. The summed E-state index contributed by atoms with van der Waals surface area (Å²) in [6.45, 7) is 0.103. The first-order chi connectivity index (χ1) is 6.83. The van der Waals surface area contributed by atoms with Crippen molar-refractivity contribution in [1.82, 2.24) is 9.61 Å². The van der Waals surface area contributed by atoms with Gasteiger partial charge in [0.05, 0.1) is 11.7 Å². The van der Waals surface area contributed by atoms with Crippen LogP contribution in [0.4, 0.5) is 0 Å². The molecule has 2 aromatic heterocycles. The van der Waals surface area contributed by atoms with Gasteiger partial charge < -0.3 is 10.8 Å². The Bertz CT molecular complexity index is 424. The molecule has 0 aromatic carbocycles. The molecule has 4 nitrogen and oxygen atoms in total. The molecule has 0 bridgehead atoms. The van der Waals surface area contributed by atoms with E-state index >= 15 is 0 Å². The Hall–Kier alpha value is -1.39. The highest BCUT2D eigenvalue weighted by atomic mass is 16.3. The van der Waals surface area contributed by atoms with Gasteiger partial charge in [0.25, 0.3) is 0 Å². The summed E-state index contributed by atoms with van der Waals surface area (Å²) in [5.41, 5.74) is 7.90. The van der Waals surface area contributed by atoms with Crippen molar-refractivity contribution in [2.45, 2.75) is 12.5 Å². The number of aliphatic hydroxyl groups excluding tert-OH is 1. The van der Waals surface area contributed by atoms with E-state index in [1.54, 1.807) is 10.7 Å². The lowest BCUT2D eigenvalue weighted by molar-refractivity contribution is 0.277. The van der Waals surface area contributed by atoms with Gasteiger partial charge in [0.2, 0.25) is 0 Å². The van der Waals surface area contributed by atoms with E-state index in [-0.39, 0.29) is 12.6 Å². The number of nitrogens with zero attached hydrogens (tertiary/aromatic N) is 2. The SMILES string of the molecule is N[C@@H](CCO)c1cnn2ccccc12. The fourth-order valence-corrected chi connectivity index (χ4v) is 1.53. The lowest BCUT2D eigenvalue weighted by Gasteiger charge is -2.07. The minimum Gasteiger partial charge on any atom is -0.396 e. The van der Waals surface area contributed by atoms with Crippen LogP contribution in [0.15, 0.2) is 30.6 Å². The summed E-state index contributed by atoms with van der Waals surface area (Å²) in [5.74, 6) is 0. The largest absolute Gasteiger partial charge is 0.396 e. The van der Waals surface area contributed by atoms with Crippen LogP contribution >= 0.6 is 0 Å². The second-order valence-corrected chi connectivity index (χ2v) is 3.25. The second kappa shape index (κ2) is 3.77. The molecule has 0 spiro atoms. The summed E-state index contributed by atoms with van der Waals surface area (Å²) in [6, 6.07) is 5.70. The van der Waals surface area contributed by atoms with E-state index in [1.165, 1.54) is 0 Å². The van der Waals surface area contributed by atoms with Crippen LogP contribution in [0, 0.1) is 0 Å². The fourth-order valence-electron chi connectivity index (χ4n) is 1.53. The molecule has 0 saturated heterocycles. The topological polar surface area (TPSA) is 63.5 Å². The summed E-state index contributed by atoms with van der Waals surface area (Å²) in [6.07, 6.45) is 4.20. The van der Waals surface area contributed by atoms with Gasteiger partial charge in [-0.15, -0.1) is 0 Å². The lowest BCUT2D eigenvalue weighted by atomic mass is 10.1. The highest BCUT2D eigenvalue weighted by Gasteiger charge is 2.10. The highest BCUT2D eigenvalue weighted by molar-refractivity contribution is 5.54. The summed E-state index contributed by atoms with van der Waals surface area (Å²) in [7, 11) is 0. The Balaban J connectivity index is 2.42. The van der Waals surface area contributed by atoms with Crippen LogP contribution in [0.25, 0.3) is 5.52 Å². The van der Waals surface area contributed by atoms with E-state index in [1.807, 2.05) is 24.4 Å². The van der Waals surface area contributed by atoms with Gasteiger partial charge in [-0.3, -0.25) is 0 Å². The Morgan fingerprint density at radius 1 is 1.50 bits per heavy atom. The molecule has 4 heteroatoms. The fraction of sp³-hybridized carbons (Fsp3) is 0.300. The minimum absolute atomic E-state index is 0.103. The Kier molecular flexibility index (Phi) is 2.47. The molecule has 0 aliphatic heterocycles. The first kappa shape index (κ1) is 9.18. The van der Waals surface area contributed by atoms with Gasteiger partial charge in [-0.05, 0) is 18.6 Å². The van der Waals surface area contributed by atoms with Crippen molar-refractivity contribution < 1.29 is 5.11 Å². The van der Waals surface area contributed by atoms with Crippen LogP contribution in [-0.2, 0) is 0 Å². The van der Waals surface area contributed by atoms with Crippen LogP contribution in [-0.4, -0.2) is 21.3 Å². The molecule has 14 heavy (non-hydrogen) atoms. The Morgan fingerprint density at radius 3 is 3.14 bits per heavy atom. The van der Waals surface area contributed by atoms with E-state index < -0.39 is 0 Å². The smallest absolute Gasteiger partial charge is 0.0709 e. The molecule has 0 amide bonds. The molecule has 1 atom stereocenters. The number of hydrogen-bond donors (Lipinski definition) is 2. The zero-order chi connectivity index (χ0) is 9.97. The standard InChI is InChI=1S/C10H13N3O/c11-9(4-6-14)8-7-12-13-5-2-1-3-10(8)13/h1-3,5,7,9,14H,4,6,11H2/t9-/m0/s1. The third kappa shape index (κ3) is 1.49. The molecule has 3 N–H and O–H groups in total. The van der Waals surface area contributed by atoms with Crippen molar-refractivity contribution in [2.24, 2.45) is 5.73 Å². The molecular weight excluding hydrogens is 178 g/mol. The number of rotatable bonds is 3. The third-order valence-electron chi connectivity index (χ3n) is 2.30. The highest BCUT2D eigenvalue weighted by Crippen LogP contribution is 2.18. The summed E-state index contributed by atoms with van der Waals surface area (Å²) in [5, 5.41) is 13.0.